The van der Waals surface area contributed by atoms with Crippen molar-refractivity contribution < 1.29 is 9.21 Å². The van der Waals surface area contributed by atoms with Gasteiger partial charge < -0.3 is 9.73 Å². The lowest BCUT2D eigenvalue weighted by molar-refractivity contribution is 0.0925. The van der Waals surface area contributed by atoms with Gasteiger partial charge in [0.1, 0.15) is 5.76 Å². The van der Waals surface area contributed by atoms with Crippen LogP contribution >= 0.6 is 11.6 Å². The van der Waals surface area contributed by atoms with Crippen LogP contribution in [0.1, 0.15) is 60.6 Å². The number of nitrogens with one attached hydrogen (secondary N) is 2. The van der Waals surface area contributed by atoms with Gasteiger partial charge in [-0.1, -0.05) is 25.4 Å². The van der Waals surface area contributed by atoms with Crippen molar-refractivity contribution in [2.24, 2.45) is 0 Å². The topological polar surface area (TPSA) is 74.2 Å². The Labute approximate surface area is 146 Å². The van der Waals surface area contributed by atoms with E-state index in [9.17, 15) is 4.79 Å². The van der Waals surface area contributed by atoms with Crippen LogP contribution in [-0.2, 0) is 0 Å². The standard InChI is InChI=1S/C17H23ClN4O2/c1-3-22(4-2)12(13-6-5-9-24-13)10-19-17(23)16-14(18)15(20-21-16)11-7-8-11/h5-6,9,11-12H,3-4,7-8,10H2,1-2H3,(H,19,23)(H,20,21)/t12-/m0/s1. The molecular formula is C17H23ClN4O2. The summed E-state index contributed by atoms with van der Waals surface area (Å²) in [5, 5.41) is 10.4. The van der Waals surface area contributed by atoms with Gasteiger partial charge in [-0.2, -0.15) is 5.10 Å². The minimum absolute atomic E-state index is 0.0143. The van der Waals surface area contributed by atoms with Gasteiger partial charge in [-0.15, -0.1) is 0 Å². The first-order valence-electron chi connectivity index (χ1n) is 8.45. The van der Waals surface area contributed by atoms with E-state index in [0.717, 1.165) is 37.4 Å². The number of halogens is 1. The van der Waals surface area contributed by atoms with E-state index in [0.29, 0.717) is 17.5 Å². The van der Waals surface area contributed by atoms with E-state index < -0.39 is 0 Å². The number of H-pyrrole nitrogens is 1. The van der Waals surface area contributed by atoms with Crippen molar-refractivity contribution in [3.05, 3.63) is 40.6 Å². The number of likely N-dealkylation sites (N-methyl/N-ethyl adjacent to an activating group) is 1. The summed E-state index contributed by atoms with van der Waals surface area (Å²) in [7, 11) is 0. The van der Waals surface area contributed by atoms with Gasteiger partial charge in [-0.3, -0.25) is 14.8 Å². The first-order valence-corrected chi connectivity index (χ1v) is 8.82. The summed E-state index contributed by atoms with van der Waals surface area (Å²) < 4.78 is 5.55. The molecule has 0 aliphatic heterocycles. The highest BCUT2D eigenvalue weighted by molar-refractivity contribution is 6.34. The van der Waals surface area contributed by atoms with Gasteiger partial charge in [0.15, 0.2) is 5.69 Å². The van der Waals surface area contributed by atoms with E-state index in [1.165, 1.54) is 0 Å². The molecule has 0 bridgehead atoms. The molecule has 6 nitrogen and oxygen atoms in total. The third kappa shape index (κ3) is 3.49. The van der Waals surface area contributed by atoms with Crippen LogP contribution in [0.3, 0.4) is 0 Å². The predicted octanol–water partition coefficient (Wildman–Crippen LogP) is 3.35. The van der Waals surface area contributed by atoms with Gasteiger partial charge >= 0.3 is 0 Å². The molecule has 0 aromatic carbocycles. The number of rotatable bonds is 8. The first kappa shape index (κ1) is 17.0. The number of aromatic nitrogens is 2. The van der Waals surface area contributed by atoms with Crippen molar-refractivity contribution in [1.82, 2.24) is 20.4 Å². The summed E-state index contributed by atoms with van der Waals surface area (Å²) in [5.74, 6) is 1.01. The highest BCUT2D eigenvalue weighted by atomic mass is 35.5. The van der Waals surface area contributed by atoms with Crippen LogP contribution in [0.25, 0.3) is 0 Å². The molecular weight excluding hydrogens is 328 g/mol. The van der Waals surface area contributed by atoms with Gasteiger partial charge in [-0.25, -0.2) is 0 Å². The minimum Gasteiger partial charge on any atom is -0.468 e. The van der Waals surface area contributed by atoms with Gasteiger partial charge in [-0.05, 0) is 38.1 Å². The Hall–Kier alpha value is -1.79. The zero-order chi connectivity index (χ0) is 17.1. The molecule has 1 aliphatic rings. The Morgan fingerprint density at radius 3 is 2.83 bits per heavy atom. The largest absolute Gasteiger partial charge is 0.468 e. The second-order valence-corrected chi connectivity index (χ2v) is 6.41. The molecule has 1 saturated carbocycles. The van der Waals surface area contributed by atoms with Crippen LogP contribution < -0.4 is 5.32 Å². The fraction of sp³-hybridized carbons (Fsp3) is 0.529. The minimum atomic E-state index is -0.258. The highest BCUT2D eigenvalue weighted by Gasteiger charge is 2.31. The van der Waals surface area contributed by atoms with Crippen LogP contribution in [0.15, 0.2) is 22.8 Å². The third-order valence-electron chi connectivity index (χ3n) is 4.51. The molecule has 2 aromatic rings. The van der Waals surface area contributed by atoms with Gasteiger partial charge in [0, 0.05) is 12.5 Å². The number of hydrogen-bond acceptors (Lipinski definition) is 4. The summed E-state index contributed by atoms with van der Waals surface area (Å²) in [6, 6.07) is 3.78. The van der Waals surface area contributed by atoms with Crippen molar-refractivity contribution in [2.75, 3.05) is 19.6 Å². The molecule has 1 fully saturated rings. The van der Waals surface area contributed by atoms with E-state index in [1.807, 2.05) is 12.1 Å². The number of aromatic amines is 1. The maximum atomic E-state index is 12.5. The molecule has 0 unspecified atom stereocenters. The lowest BCUT2D eigenvalue weighted by atomic mass is 10.1. The van der Waals surface area contributed by atoms with Crippen LogP contribution in [-0.4, -0.2) is 40.6 Å². The third-order valence-corrected chi connectivity index (χ3v) is 4.90. The summed E-state index contributed by atoms with van der Waals surface area (Å²) in [5.41, 5.74) is 1.16. The number of hydrogen-bond donors (Lipinski definition) is 2. The number of carbonyl (C=O) groups excluding carboxylic acids is 1. The lowest BCUT2D eigenvalue weighted by Gasteiger charge is -2.28. The second kappa shape index (κ2) is 7.40. The molecule has 2 N–H and O–H groups in total. The maximum absolute atomic E-state index is 12.5. The van der Waals surface area contributed by atoms with E-state index in [1.54, 1.807) is 6.26 Å². The summed E-state index contributed by atoms with van der Waals surface area (Å²) in [4.78, 5) is 14.7. The molecule has 7 heteroatoms. The quantitative estimate of drug-likeness (QED) is 0.765. The molecule has 24 heavy (non-hydrogen) atoms. The number of nitrogens with zero attached hydrogens (tertiary/aromatic N) is 2. The van der Waals surface area contributed by atoms with Crippen molar-refractivity contribution in [3.63, 3.8) is 0 Å². The Balaban J connectivity index is 1.68. The lowest BCUT2D eigenvalue weighted by Crippen LogP contribution is -2.38. The van der Waals surface area contributed by atoms with Crippen molar-refractivity contribution >= 4 is 17.5 Å². The highest BCUT2D eigenvalue weighted by Crippen LogP contribution is 2.42. The molecule has 2 heterocycles. The van der Waals surface area contributed by atoms with Crippen molar-refractivity contribution in [1.29, 1.82) is 0 Å². The van der Waals surface area contributed by atoms with Crippen LogP contribution in [0, 0.1) is 0 Å². The molecule has 1 aliphatic carbocycles. The molecule has 0 spiro atoms. The monoisotopic (exact) mass is 350 g/mol. The fourth-order valence-corrected chi connectivity index (χ4v) is 3.29. The summed E-state index contributed by atoms with van der Waals surface area (Å²) >= 11 is 6.30. The van der Waals surface area contributed by atoms with E-state index in [-0.39, 0.29) is 17.6 Å². The van der Waals surface area contributed by atoms with E-state index in [4.69, 9.17) is 16.0 Å². The molecule has 1 atom stereocenters. The van der Waals surface area contributed by atoms with Gasteiger partial charge in [0.2, 0.25) is 0 Å². The van der Waals surface area contributed by atoms with Crippen LogP contribution in [0.5, 0.6) is 0 Å². The zero-order valence-electron chi connectivity index (χ0n) is 14.0. The maximum Gasteiger partial charge on any atom is 0.273 e. The average molecular weight is 351 g/mol. The normalized spacial score (nSPS) is 15.7. The summed E-state index contributed by atoms with van der Waals surface area (Å²) in [6.45, 7) is 6.36. The molecule has 2 aromatic heterocycles. The Kier molecular flexibility index (Phi) is 5.26. The van der Waals surface area contributed by atoms with Crippen molar-refractivity contribution in [3.8, 4) is 0 Å². The van der Waals surface area contributed by atoms with Crippen molar-refractivity contribution in [2.45, 2.75) is 38.6 Å². The molecule has 0 radical (unpaired) electrons. The molecule has 1 amide bonds. The van der Waals surface area contributed by atoms with Gasteiger partial charge in [0.25, 0.3) is 5.91 Å². The second-order valence-electron chi connectivity index (χ2n) is 6.04. The molecule has 130 valence electrons. The van der Waals surface area contributed by atoms with Crippen LogP contribution in [0.2, 0.25) is 5.02 Å². The van der Waals surface area contributed by atoms with E-state index >= 15 is 0 Å². The fourth-order valence-electron chi connectivity index (χ4n) is 2.96. The number of carbonyl (C=O) groups is 1. The Morgan fingerprint density at radius 2 is 2.25 bits per heavy atom. The van der Waals surface area contributed by atoms with E-state index in [2.05, 4.69) is 34.3 Å². The smallest absolute Gasteiger partial charge is 0.273 e. The Morgan fingerprint density at radius 1 is 1.50 bits per heavy atom. The average Bonchev–Trinajstić information content (AvgIpc) is 3.13. The first-order chi connectivity index (χ1) is 11.7. The molecule has 0 saturated heterocycles. The van der Waals surface area contributed by atoms with Crippen LogP contribution in [0.4, 0.5) is 0 Å². The zero-order valence-corrected chi connectivity index (χ0v) is 14.8. The predicted molar refractivity (Wildman–Crippen MR) is 92.3 cm³/mol. The summed E-state index contributed by atoms with van der Waals surface area (Å²) in [6.07, 6.45) is 3.86. The van der Waals surface area contributed by atoms with Gasteiger partial charge in [0.05, 0.1) is 23.0 Å². The molecule has 3 rings (SSSR count). The number of furan rings is 1. The number of amides is 1. The SMILES string of the molecule is CCN(CC)[C@@H](CNC(=O)c1n[nH]c(C2CC2)c1Cl)c1ccco1. The Bertz CT molecular complexity index is 675.